The monoisotopic (exact) mass is 214 g/mol. The van der Waals surface area contributed by atoms with Crippen LogP contribution in [0.25, 0.3) is 0 Å². The average molecular weight is 214 g/mol. The Balaban J connectivity index is 0. The van der Waals surface area contributed by atoms with Gasteiger partial charge in [-0.2, -0.15) is 0 Å². The van der Waals surface area contributed by atoms with E-state index >= 15 is 0 Å². The molecule has 0 saturated carbocycles. The summed E-state index contributed by atoms with van der Waals surface area (Å²) in [5.41, 5.74) is 0. The van der Waals surface area contributed by atoms with Gasteiger partial charge in [0.15, 0.2) is 0 Å². The van der Waals surface area contributed by atoms with Gasteiger partial charge < -0.3 is 4.79 Å². The topological polar surface area (TPSA) is 68.3 Å². The molecule has 0 aliphatic rings. The number of ketones is 3. The zero-order valence-electron chi connectivity index (χ0n) is 9.54. The summed E-state index contributed by atoms with van der Waals surface area (Å²) in [5.74, 6) is 0.00806. The van der Waals surface area contributed by atoms with Crippen LogP contribution in [-0.2, 0) is 19.2 Å². The van der Waals surface area contributed by atoms with Crippen molar-refractivity contribution < 1.29 is 19.2 Å². The minimum absolute atomic E-state index is 0.0434. The molecule has 0 atom stereocenters. The fraction of sp³-hybridized carbons (Fsp3) is 0.636. The van der Waals surface area contributed by atoms with Gasteiger partial charge in [0.25, 0.3) is 0 Å². The van der Waals surface area contributed by atoms with E-state index in [1.165, 1.54) is 6.92 Å². The second-order valence-electron chi connectivity index (χ2n) is 3.03. The van der Waals surface area contributed by atoms with E-state index in [0.717, 1.165) is 0 Å². The van der Waals surface area contributed by atoms with E-state index in [1.807, 2.05) is 0 Å². The molecule has 0 aliphatic carbocycles. The van der Waals surface area contributed by atoms with Crippen LogP contribution in [0, 0.1) is 0 Å². The lowest BCUT2D eigenvalue weighted by molar-refractivity contribution is -0.127. The third-order valence-corrected chi connectivity index (χ3v) is 1.55. The quantitative estimate of drug-likeness (QED) is 0.496. The Bertz CT molecular complexity index is 217. The highest BCUT2D eigenvalue weighted by Gasteiger charge is 2.03. The number of Topliss-reactive ketones (excluding diaryl/α,β-unsaturated/α-hetero) is 3. The summed E-state index contributed by atoms with van der Waals surface area (Å²) in [7, 11) is 0. The third-order valence-electron chi connectivity index (χ3n) is 1.55. The molecule has 0 radical (unpaired) electrons. The molecule has 0 aromatic heterocycles. The molecule has 0 amide bonds. The summed E-state index contributed by atoms with van der Waals surface area (Å²) in [6.45, 7) is 4.92. The van der Waals surface area contributed by atoms with E-state index in [9.17, 15) is 19.2 Å². The van der Waals surface area contributed by atoms with Gasteiger partial charge in [-0.1, -0.05) is 13.8 Å². The first-order valence-electron chi connectivity index (χ1n) is 4.94. The Kier molecular flexibility index (Phi) is 11.6. The van der Waals surface area contributed by atoms with Crippen molar-refractivity contribution in [2.45, 2.75) is 46.5 Å². The lowest BCUT2D eigenvalue weighted by Gasteiger charge is -1.91. The Morgan fingerprint density at radius 2 is 1.40 bits per heavy atom. The van der Waals surface area contributed by atoms with E-state index < -0.39 is 0 Å². The molecule has 4 nitrogen and oxygen atoms in total. The summed E-state index contributed by atoms with van der Waals surface area (Å²) in [6, 6.07) is 0. The third kappa shape index (κ3) is 15.4. The van der Waals surface area contributed by atoms with Crippen LogP contribution in [0.1, 0.15) is 46.5 Å². The summed E-state index contributed by atoms with van der Waals surface area (Å²) in [4.78, 5) is 40.3. The van der Waals surface area contributed by atoms with E-state index in [-0.39, 0.29) is 30.2 Å². The lowest BCUT2D eigenvalue weighted by atomic mass is 10.1. The zero-order valence-corrected chi connectivity index (χ0v) is 9.54. The fourth-order valence-corrected chi connectivity index (χ4v) is 0.587. The van der Waals surface area contributed by atoms with Crippen LogP contribution in [0.5, 0.6) is 0 Å². The van der Waals surface area contributed by atoms with Gasteiger partial charge in [-0.05, 0) is 6.92 Å². The zero-order chi connectivity index (χ0) is 12.3. The number of hydrogen-bond donors (Lipinski definition) is 0. The van der Waals surface area contributed by atoms with Gasteiger partial charge in [-0.25, -0.2) is 0 Å². The molecule has 0 fully saturated rings. The van der Waals surface area contributed by atoms with Gasteiger partial charge in [0.1, 0.15) is 23.6 Å². The highest BCUT2D eigenvalue weighted by molar-refractivity contribution is 5.98. The highest BCUT2D eigenvalue weighted by atomic mass is 16.1. The van der Waals surface area contributed by atoms with Crippen molar-refractivity contribution in [3.8, 4) is 0 Å². The first-order valence-corrected chi connectivity index (χ1v) is 4.94. The first-order chi connectivity index (χ1) is 6.97. The SMILES string of the molecule is CC(=O)CC=O.CCC(=O)CC(=O)CC. The minimum atomic E-state index is -0.0787. The predicted octanol–water partition coefficient (Wildman–Crippen LogP) is 1.50. The largest absolute Gasteiger partial charge is 0.303 e. The number of rotatable bonds is 6. The van der Waals surface area contributed by atoms with Crippen LogP contribution in [0.15, 0.2) is 0 Å². The number of hydrogen-bond acceptors (Lipinski definition) is 4. The molecular weight excluding hydrogens is 196 g/mol. The molecule has 0 spiro atoms. The summed E-state index contributed by atoms with van der Waals surface area (Å²) in [6.07, 6.45) is 1.74. The van der Waals surface area contributed by atoms with Crippen LogP contribution < -0.4 is 0 Å². The number of carbonyl (C=O) groups is 4. The van der Waals surface area contributed by atoms with Gasteiger partial charge in [-0.15, -0.1) is 0 Å². The lowest BCUT2D eigenvalue weighted by Crippen LogP contribution is -2.04. The standard InChI is InChI=1S/C7H12O2.C4H6O2/c1-3-6(8)5-7(9)4-2;1-4(6)2-3-5/h3-5H2,1-2H3;3H,2H2,1H3. The van der Waals surface area contributed by atoms with Crippen molar-refractivity contribution in [1.29, 1.82) is 0 Å². The normalized spacial score (nSPS) is 8.47. The van der Waals surface area contributed by atoms with Gasteiger partial charge >= 0.3 is 0 Å². The van der Waals surface area contributed by atoms with Gasteiger partial charge in [0.05, 0.1) is 12.8 Å². The molecule has 0 saturated heterocycles. The Morgan fingerprint density at radius 1 is 1.00 bits per heavy atom. The van der Waals surface area contributed by atoms with Crippen LogP contribution in [0.4, 0.5) is 0 Å². The molecule has 0 aliphatic heterocycles. The van der Waals surface area contributed by atoms with Crippen molar-refractivity contribution in [1.82, 2.24) is 0 Å². The van der Waals surface area contributed by atoms with E-state index in [0.29, 0.717) is 19.1 Å². The van der Waals surface area contributed by atoms with E-state index in [2.05, 4.69) is 0 Å². The number of aldehydes is 1. The van der Waals surface area contributed by atoms with Crippen molar-refractivity contribution in [3.63, 3.8) is 0 Å². The minimum Gasteiger partial charge on any atom is -0.303 e. The van der Waals surface area contributed by atoms with Crippen molar-refractivity contribution >= 4 is 23.6 Å². The Hall–Kier alpha value is -1.32. The molecule has 0 heterocycles. The summed E-state index contributed by atoms with van der Waals surface area (Å²) < 4.78 is 0. The van der Waals surface area contributed by atoms with Crippen LogP contribution in [0.2, 0.25) is 0 Å². The maximum Gasteiger partial charge on any atom is 0.139 e. The Labute approximate surface area is 90.0 Å². The smallest absolute Gasteiger partial charge is 0.139 e. The molecule has 4 heteroatoms. The van der Waals surface area contributed by atoms with E-state index in [1.54, 1.807) is 13.8 Å². The molecule has 0 rings (SSSR count). The van der Waals surface area contributed by atoms with Crippen LogP contribution in [-0.4, -0.2) is 23.6 Å². The highest BCUT2D eigenvalue weighted by Crippen LogP contribution is 1.92. The Morgan fingerprint density at radius 3 is 1.53 bits per heavy atom. The van der Waals surface area contributed by atoms with Gasteiger partial charge in [0.2, 0.25) is 0 Å². The molecule has 0 unspecified atom stereocenters. The van der Waals surface area contributed by atoms with E-state index in [4.69, 9.17) is 0 Å². The molecule has 0 aromatic rings. The van der Waals surface area contributed by atoms with Crippen molar-refractivity contribution in [3.05, 3.63) is 0 Å². The molecule has 0 bridgehead atoms. The van der Waals surface area contributed by atoms with Gasteiger partial charge in [0, 0.05) is 12.8 Å². The maximum absolute atomic E-state index is 10.6. The maximum atomic E-state index is 10.6. The molecule has 0 aromatic carbocycles. The predicted molar refractivity (Wildman–Crippen MR) is 56.6 cm³/mol. The molecule has 0 N–H and O–H groups in total. The molecule has 86 valence electrons. The second-order valence-corrected chi connectivity index (χ2v) is 3.03. The van der Waals surface area contributed by atoms with Crippen molar-refractivity contribution in [2.75, 3.05) is 0 Å². The summed E-state index contributed by atoms with van der Waals surface area (Å²) in [5, 5.41) is 0. The molecule has 15 heavy (non-hydrogen) atoms. The average Bonchev–Trinajstić information content (AvgIpc) is 2.18. The van der Waals surface area contributed by atoms with Crippen molar-refractivity contribution in [2.24, 2.45) is 0 Å². The fourth-order valence-electron chi connectivity index (χ4n) is 0.587. The number of carbonyl (C=O) groups excluding carboxylic acids is 4. The molecular formula is C11H18O4. The second kappa shape index (κ2) is 10.8. The van der Waals surface area contributed by atoms with Crippen LogP contribution >= 0.6 is 0 Å². The summed E-state index contributed by atoms with van der Waals surface area (Å²) >= 11 is 0. The van der Waals surface area contributed by atoms with Gasteiger partial charge in [-0.3, -0.25) is 14.4 Å². The van der Waals surface area contributed by atoms with Crippen LogP contribution in [0.3, 0.4) is 0 Å². The first kappa shape index (κ1) is 16.1.